The molecule has 2 N–H and O–H groups in total. The molecule has 28 heavy (non-hydrogen) atoms. The number of nitrogens with one attached hydrogen (secondary N) is 2. The lowest BCUT2D eigenvalue weighted by atomic mass is 10.1. The Bertz CT molecular complexity index is 904. The van der Waals surface area contributed by atoms with E-state index in [2.05, 4.69) is 15.6 Å². The summed E-state index contributed by atoms with van der Waals surface area (Å²) < 4.78 is 26.1. The van der Waals surface area contributed by atoms with Crippen molar-refractivity contribution in [3.63, 3.8) is 0 Å². The summed E-state index contributed by atoms with van der Waals surface area (Å²) in [6.07, 6.45) is 0.798. The van der Waals surface area contributed by atoms with Crippen LogP contribution in [-0.4, -0.2) is 46.4 Å². The molecular weight excluding hydrogens is 511 g/mol. The van der Waals surface area contributed by atoms with Crippen molar-refractivity contribution in [3.8, 4) is 0 Å². The minimum atomic E-state index is -3.50. The van der Waals surface area contributed by atoms with Crippen LogP contribution in [0.3, 0.4) is 0 Å². The highest BCUT2D eigenvalue weighted by molar-refractivity contribution is 14.0. The molecule has 0 aromatic heterocycles. The maximum absolute atomic E-state index is 12.5. The Labute approximate surface area is 189 Å². The van der Waals surface area contributed by atoms with Crippen LogP contribution in [0.15, 0.2) is 58.4 Å². The molecule has 9 heteroatoms. The Balaban J connectivity index is 0.00000392. The Hall–Kier alpha value is -1.36. The highest BCUT2D eigenvalue weighted by Gasteiger charge is 2.20. The van der Waals surface area contributed by atoms with Gasteiger partial charge in [-0.15, -0.1) is 24.0 Å². The van der Waals surface area contributed by atoms with E-state index in [0.717, 1.165) is 12.0 Å². The van der Waals surface area contributed by atoms with Gasteiger partial charge >= 0.3 is 0 Å². The highest BCUT2D eigenvalue weighted by Crippen LogP contribution is 2.18. The third kappa shape index (κ3) is 6.91. The lowest BCUT2D eigenvalue weighted by Gasteiger charge is -2.17. The third-order valence-electron chi connectivity index (χ3n) is 4.00. The first-order valence-corrected chi connectivity index (χ1v) is 10.4. The second-order valence-corrected chi connectivity index (χ2v) is 8.68. The van der Waals surface area contributed by atoms with Crippen molar-refractivity contribution in [2.45, 2.75) is 17.9 Å². The second kappa shape index (κ2) is 11.6. The molecule has 0 aliphatic carbocycles. The summed E-state index contributed by atoms with van der Waals surface area (Å²) in [7, 11) is 1.23. The Morgan fingerprint density at radius 1 is 1.11 bits per heavy atom. The topological polar surface area (TPSA) is 73.8 Å². The van der Waals surface area contributed by atoms with Gasteiger partial charge in [0.05, 0.1) is 4.90 Å². The van der Waals surface area contributed by atoms with Gasteiger partial charge in [0.1, 0.15) is 0 Å². The molecule has 0 saturated carbocycles. The molecule has 0 amide bonds. The van der Waals surface area contributed by atoms with Crippen molar-refractivity contribution in [1.29, 1.82) is 0 Å². The van der Waals surface area contributed by atoms with Crippen molar-refractivity contribution in [3.05, 3.63) is 64.7 Å². The molecule has 0 unspecified atom stereocenters. The Morgan fingerprint density at radius 3 is 2.46 bits per heavy atom. The number of hydrogen-bond acceptors (Lipinski definition) is 3. The van der Waals surface area contributed by atoms with E-state index in [0.29, 0.717) is 29.6 Å². The standard InChI is InChI=1S/C19H25ClN4O2S.HI/c1-21-19(22-12-11-15-7-6-9-17(20)13-15)23-14-16-8-4-5-10-18(16)27(25,26)24(2)3;/h4-10,13H,11-12,14H2,1-3H3,(H2,21,22,23);1H. The molecule has 154 valence electrons. The average Bonchev–Trinajstić information content (AvgIpc) is 2.64. The number of benzene rings is 2. The maximum atomic E-state index is 12.5. The molecule has 0 saturated heterocycles. The molecule has 6 nitrogen and oxygen atoms in total. The zero-order valence-electron chi connectivity index (χ0n) is 16.1. The van der Waals surface area contributed by atoms with Gasteiger partial charge in [0, 0.05) is 39.3 Å². The summed E-state index contributed by atoms with van der Waals surface area (Å²) in [5, 5.41) is 7.11. The number of hydrogen-bond donors (Lipinski definition) is 2. The van der Waals surface area contributed by atoms with E-state index in [1.165, 1.54) is 18.4 Å². The van der Waals surface area contributed by atoms with E-state index in [4.69, 9.17) is 11.6 Å². The number of sulfonamides is 1. The SMILES string of the molecule is CN=C(NCCc1cccc(Cl)c1)NCc1ccccc1S(=O)(=O)N(C)C.I. The van der Waals surface area contributed by atoms with Crippen LogP contribution in [0.5, 0.6) is 0 Å². The zero-order valence-corrected chi connectivity index (χ0v) is 20.0. The van der Waals surface area contributed by atoms with E-state index in [1.807, 2.05) is 30.3 Å². The van der Waals surface area contributed by atoms with E-state index < -0.39 is 10.0 Å². The summed E-state index contributed by atoms with van der Waals surface area (Å²) in [5.74, 6) is 0.606. The predicted octanol–water partition coefficient (Wildman–Crippen LogP) is 3.12. The first-order chi connectivity index (χ1) is 12.8. The molecule has 2 aromatic rings. The van der Waals surface area contributed by atoms with Gasteiger partial charge in [-0.25, -0.2) is 12.7 Å². The summed E-state index contributed by atoms with van der Waals surface area (Å²) in [4.78, 5) is 4.48. The fourth-order valence-electron chi connectivity index (χ4n) is 2.52. The highest BCUT2D eigenvalue weighted by atomic mass is 127. The van der Waals surface area contributed by atoms with Gasteiger partial charge in [0.2, 0.25) is 10.0 Å². The minimum absolute atomic E-state index is 0. The van der Waals surface area contributed by atoms with Gasteiger partial charge in [0.15, 0.2) is 5.96 Å². The number of guanidine groups is 1. The number of rotatable bonds is 7. The fraction of sp³-hybridized carbons (Fsp3) is 0.316. The molecule has 2 aromatic carbocycles. The van der Waals surface area contributed by atoms with Crippen LogP contribution in [0.25, 0.3) is 0 Å². The van der Waals surface area contributed by atoms with Crippen LogP contribution in [0.1, 0.15) is 11.1 Å². The van der Waals surface area contributed by atoms with Crippen LogP contribution in [-0.2, 0) is 23.0 Å². The largest absolute Gasteiger partial charge is 0.356 e. The first kappa shape index (κ1) is 24.7. The van der Waals surface area contributed by atoms with Crippen molar-refractivity contribution >= 4 is 51.6 Å². The molecule has 0 radical (unpaired) electrons. The molecule has 0 bridgehead atoms. The van der Waals surface area contributed by atoms with Crippen LogP contribution in [0.4, 0.5) is 0 Å². The van der Waals surface area contributed by atoms with E-state index in [9.17, 15) is 8.42 Å². The molecule has 0 fully saturated rings. The number of aliphatic imine (C=N–C) groups is 1. The van der Waals surface area contributed by atoms with E-state index in [1.54, 1.807) is 25.2 Å². The summed E-state index contributed by atoms with van der Waals surface area (Å²) in [6, 6.07) is 14.7. The van der Waals surface area contributed by atoms with Crippen molar-refractivity contribution in [1.82, 2.24) is 14.9 Å². The van der Waals surface area contributed by atoms with Gasteiger partial charge in [0.25, 0.3) is 0 Å². The summed E-state index contributed by atoms with van der Waals surface area (Å²) in [5.41, 5.74) is 1.82. The van der Waals surface area contributed by atoms with E-state index >= 15 is 0 Å². The lowest BCUT2D eigenvalue weighted by molar-refractivity contribution is 0.519. The number of nitrogens with zero attached hydrogens (tertiary/aromatic N) is 2. The smallest absolute Gasteiger partial charge is 0.242 e. The molecule has 0 aliphatic rings. The van der Waals surface area contributed by atoms with Crippen LogP contribution in [0, 0.1) is 0 Å². The molecule has 0 spiro atoms. The Morgan fingerprint density at radius 2 is 1.82 bits per heavy atom. The maximum Gasteiger partial charge on any atom is 0.242 e. The van der Waals surface area contributed by atoms with Crippen LogP contribution < -0.4 is 10.6 Å². The van der Waals surface area contributed by atoms with Gasteiger partial charge < -0.3 is 10.6 Å². The van der Waals surface area contributed by atoms with Crippen molar-refractivity contribution < 1.29 is 8.42 Å². The van der Waals surface area contributed by atoms with Crippen LogP contribution in [0.2, 0.25) is 5.02 Å². The second-order valence-electron chi connectivity index (χ2n) is 6.13. The fourth-order valence-corrected chi connectivity index (χ4v) is 3.84. The molecular formula is C19H26ClIN4O2S. The first-order valence-electron chi connectivity index (χ1n) is 8.54. The zero-order chi connectivity index (χ0) is 19.9. The monoisotopic (exact) mass is 536 g/mol. The molecule has 0 atom stereocenters. The predicted molar refractivity (Wildman–Crippen MR) is 126 cm³/mol. The van der Waals surface area contributed by atoms with E-state index in [-0.39, 0.29) is 28.9 Å². The quantitative estimate of drug-likeness (QED) is 0.324. The van der Waals surface area contributed by atoms with Gasteiger partial charge in [-0.05, 0) is 35.7 Å². The molecule has 0 aliphatic heterocycles. The van der Waals surface area contributed by atoms with Gasteiger partial charge in [-0.3, -0.25) is 4.99 Å². The molecule has 0 heterocycles. The van der Waals surface area contributed by atoms with Crippen molar-refractivity contribution in [2.75, 3.05) is 27.7 Å². The lowest BCUT2D eigenvalue weighted by Crippen LogP contribution is -2.38. The van der Waals surface area contributed by atoms with Gasteiger partial charge in [-0.1, -0.05) is 41.9 Å². The number of halogens is 2. The van der Waals surface area contributed by atoms with Crippen molar-refractivity contribution in [2.24, 2.45) is 4.99 Å². The normalized spacial score (nSPS) is 11.8. The summed E-state index contributed by atoms with van der Waals surface area (Å²) in [6.45, 7) is 1.03. The third-order valence-corrected chi connectivity index (χ3v) is 6.15. The Kier molecular flexibility index (Phi) is 10.2. The molecule has 2 rings (SSSR count). The minimum Gasteiger partial charge on any atom is -0.356 e. The average molecular weight is 537 g/mol. The van der Waals surface area contributed by atoms with Crippen LogP contribution >= 0.6 is 35.6 Å². The summed E-state index contributed by atoms with van der Waals surface area (Å²) >= 11 is 6.00. The van der Waals surface area contributed by atoms with Gasteiger partial charge in [-0.2, -0.15) is 0 Å².